The Hall–Kier alpha value is -1.74. The highest BCUT2D eigenvalue weighted by atomic mass is 35.5. The maximum absolute atomic E-state index is 10.7. The van der Waals surface area contributed by atoms with Crippen molar-refractivity contribution < 1.29 is 4.79 Å². The predicted octanol–water partition coefficient (Wildman–Crippen LogP) is 2.61. The number of hydrogen-bond donors (Lipinski definition) is 0. The fraction of sp³-hybridized carbons (Fsp3) is 0. The summed E-state index contributed by atoms with van der Waals surface area (Å²) in [6.45, 7) is 0. The third kappa shape index (κ3) is 2.02. The molecule has 4 heteroatoms. The molecule has 0 unspecified atom stereocenters. The summed E-state index contributed by atoms with van der Waals surface area (Å²) in [4.78, 5) is 18.6. The Labute approximate surface area is 91.8 Å². The number of carbonyl (C=O) groups is 1. The molecule has 3 nitrogen and oxygen atoms in total. The van der Waals surface area contributed by atoms with Crippen molar-refractivity contribution in [2.24, 2.45) is 0 Å². The minimum absolute atomic E-state index is 0.220. The Balaban J connectivity index is 2.51. The molecule has 2 rings (SSSR count). The third-order valence-corrected chi connectivity index (χ3v) is 2.30. The van der Waals surface area contributed by atoms with E-state index in [1.165, 1.54) is 0 Å². The lowest BCUT2D eigenvalue weighted by molar-refractivity contribution is 0.112. The number of carbonyl (C=O) groups excluding carboxylic acids is 1. The van der Waals surface area contributed by atoms with Gasteiger partial charge in [-0.3, -0.25) is 9.78 Å². The van der Waals surface area contributed by atoms with Gasteiger partial charge in [-0.15, -0.1) is 0 Å². The zero-order valence-corrected chi connectivity index (χ0v) is 8.48. The summed E-state index contributed by atoms with van der Waals surface area (Å²) < 4.78 is 0. The average Bonchev–Trinajstić information content (AvgIpc) is 2.31. The molecule has 0 aliphatic heterocycles. The lowest BCUT2D eigenvalue weighted by Gasteiger charge is -2.01. The number of nitrogens with zero attached hydrogens (tertiary/aromatic N) is 2. The molecule has 2 heterocycles. The molecule has 0 aliphatic carbocycles. The zero-order valence-electron chi connectivity index (χ0n) is 7.72. The number of hydrogen-bond acceptors (Lipinski definition) is 3. The maximum atomic E-state index is 10.7. The van der Waals surface area contributed by atoms with Crippen molar-refractivity contribution in [3.05, 3.63) is 47.5 Å². The Morgan fingerprint density at radius 1 is 1.27 bits per heavy atom. The van der Waals surface area contributed by atoms with Gasteiger partial charge in [0, 0.05) is 29.7 Å². The van der Waals surface area contributed by atoms with Gasteiger partial charge in [-0.25, -0.2) is 4.98 Å². The van der Waals surface area contributed by atoms with Crippen LogP contribution in [-0.2, 0) is 0 Å². The van der Waals surface area contributed by atoms with Crippen LogP contribution in [0.2, 0.25) is 5.15 Å². The zero-order chi connectivity index (χ0) is 10.7. The SMILES string of the molecule is O=Cc1cc(-c2cccnc2)cnc1Cl. The Morgan fingerprint density at radius 3 is 2.80 bits per heavy atom. The summed E-state index contributed by atoms with van der Waals surface area (Å²) in [6.07, 6.45) is 5.70. The van der Waals surface area contributed by atoms with Gasteiger partial charge < -0.3 is 0 Å². The smallest absolute Gasteiger partial charge is 0.153 e. The van der Waals surface area contributed by atoms with Crippen LogP contribution in [0.25, 0.3) is 11.1 Å². The van der Waals surface area contributed by atoms with Crippen LogP contribution < -0.4 is 0 Å². The second-order valence-electron chi connectivity index (χ2n) is 2.96. The lowest BCUT2D eigenvalue weighted by Crippen LogP contribution is -1.88. The van der Waals surface area contributed by atoms with E-state index in [1.54, 1.807) is 24.7 Å². The Morgan fingerprint density at radius 2 is 2.13 bits per heavy atom. The van der Waals surface area contributed by atoms with E-state index in [-0.39, 0.29) is 5.15 Å². The van der Waals surface area contributed by atoms with Gasteiger partial charge in [0.15, 0.2) is 6.29 Å². The number of pyridine rings is 2. The molecule has 74 valence electrons. The van der Waals surface area contributed by atoms with Crippen LogP contribution in [0.1, 0.15) is 10.4 Å². The first-order valence-electron chi connectivity index (χ1n) is 4.32. The van der Waals surface area contributed by atoms with Gasteiger partial charge in [-0.05, 0) is 12.1 Å². The van der Waals surface area contributed by atoms with Gasteiger partial charge in [0.05, 0.1) is 5.56 Å². The van der Waals surface area contributed by atoms with E-state index in [4.69, 9.17) is 11.6 Å². The van der Waals surface area contributed by atoms with Gasteiger partial charge in [-0.1, -0.05) is 17.7 Å². The minimum atomic E-state index is 0.220. The van der Waals surface area contributed by atoms with Crippen molar-refractivity contribution in [2.45, 2.75) is 0 Å². The summed E-state index contributed by atoms with van der Waals surface area (Å²) >= 11 is 5.73. The first kappa shape index (κ1) is 9.80. The molecule has 0 saturated carbocycles. The molecular formula is C11H7ClN2O. The summed E-state index contributed by atoms with van der Waals surface area (Å²) in [5, 5.41) is 0.220. The fourth-order valence-electron chi connectivity index (χ4n) is 1.24. The third-order valence-electron chi connectivity index (χ3n) is 1.99. The molecule has 0 aromatic carbocycles. The van der Waals surface area contributed by atoms with Crippen LogP contribution in [0.4, 0.5) is 0 Å². The van der Waals surface area contributed by atoms with Crippen molar-refractivity contribution in [2.75, 3.05) is 0 Å². The van der Waals surface area contributed by atoms with Gasteiger partial charge in [0.1, 0.15) is 5.15 Å². The number of rotatable bonds is 2. The van der Waals surface area contributed by atoms with Crippen LogP contribution >= 0.6 is 11.6 Å². The van der Waals surface area contributed by atoms with Crippen molar-refractivity contribution in [1.29, 1.82) is 0 Å². The second kappa shape index (κ2) is 4.19. The standard InChI is InChI=1S/C11H7ClN2O/c12-11-10(7-15)4-9(6-14-11)8-2-1-3-13-5-8/h1-7H. The van der Waals surface area contributed by atoms with Gasteiger partial charge in [0.25, 0.3) is 0 Å². The van der Waals surface area contributed by atoms with E-state index in [0.717, 1.165) is 11.1 Å². The van der Waals surface area contributed by atoms with Crippen LogP contribution in [0.15, 0.2) is 36.8 Å². The van der Waals surface area contributed by atoms with Crippen molar-refractivity contribution >= 4 is 17.9 Å². The molecule has 0 aliphatic rings. The van der Waals surface area contributed by atoms with Crippen LogP contribution in [0.5, 0.6) is 0 Å². The highest BCUT2D eigenvalue weighted by Gasteiger charge is 2.03. The van der Waals surface area contributed by atoms with E-state index >= 15 is 0 Å². The Bertz CT molecular complexity index is 485. The second-order valence-corrected chi connectivity index (χ2v) is 3.32. The minimum Gasteiger partial charge on any atom is -0.298 e. The summed E-state index contributed by atoms with van der Waals surface area (Å²) in [6, 6.07) is 5.41. The van der Waals surface area contributed by atoms with Crippen LogP contribution in [0.3, 0.4) is 0 Å². The van der Waals surface area contributed by atoms with E-state index in [0.29, 0.717) is 11.8 Å². The van der Waals surface area contributed by atoms with Gasteiger partial charge in [-0.2, -0.15) is 0 Å². The highest BCUT2D eigenvalue weighted by molar-refractivity contribution is 6.31. The molecule has 15 heavy (non-hydrogen) atoms. The predicted molar refractivity (Wildman–Crippen MR) is 57.9 cm³/mol. The van der Waals surface area contributed by atoms with Crippen molar-refractivity contribution in [3.8, 4) is 11.1 Å². The van der Waals surface area contributed by atoms with E-state index in [9.17, 15) is 4.79 Å². The fourth-order valence-corrected chi connectivity index (χ4v) is 1.39. The molecule has 0 atom stereocenters. The summed E-state index contributed by atoms with van der Waals surface area (Å²) in [5.41, 5.74) is 2.12. The topological polar surface area (TPSA) is 42.9 Å². The van der Waals surface area contributed by atoms with E-state index in [1.807, 2.05) is 12.1 Å². The monoisotopic (exact) mass is 218 g/mol. The van der Waals surface area contributed by atoms with Gasteiger partial charge in [0.2, 0.25) is 0 Å². The molecule has 0 saturated heterocycles. The Kier molecular flexibility index (Phi) is 2.74. The quantitative estimate of drug-likeness (QED) is 0.575. The van der Waals surface area contributed by atoms with Gasteiger partial charge >= 0.3 is 0 Å². The molecule has 0 N–H and O–H groups in total. The molecule has 2 aromatic heterocycles. The largest absolute Gasteiger partial charge is 0.298 e. The summed E-state index contributed by atoms with van der Waals surface area (Å²) in [7, 11) is 0. The molecule has 0 amide bonds. The number of halogens is 1. The van der Waals surface area contributed by atoms with Crippen molar-refractivity contribution in [1.82, 2.24) is 9.97 Å². The molecule has 0 radical (unpaired) electrons. The summed E-state index contributed by atoms with van der Waals surface area (Å²) in [5.74, 6) is 0. The maximum Gasteiger partial charge on any atom is 0.153 e. The highest BCUT2D eigenvalue weighted by Crippen LogP contribution is 2.21. The van der Waals surface area contributed by atoms with Crippen LogP contribution in [-0.4, -0.2) is 16.3 Å². The number of aldehydes is 1. The molecule has 0 fully saturated rings. The van der Waals surface area contributed by atoms with E-state index < -0.39 is 0 Å². The number of aromatic nitrogens is 2. The molecular weight excluding hydrogens is 212 g/mol. The first-order valence-corrected chi connectivity index (χ1v) is 4.70. The van der Waals surface area contributed by atoms with Crippen molar-refractivity contribution in [3.63, 3.8) is 0 Å². The molecule has 0 bridgehead atoms. The van der Waals surface area contributed by atoms with E-state index in [2.05, 4.69) is 9.97 Å². The molecule has 2 aromatic rings. The average molecular weight is 219 g/mol. The first-order chi connectivity index (χ1) is 7.31. The molecule has 0 spiro atoms. The normalized spacial score (nSPS) is 9.93. The van der Waals surface area contributed by atoms with Crippen LogP contribution in [0, 0.1) is 0 Å². The lowest BCUT2D eigenvalue weighted by atomic mass is 10.1.